The number of anilines is 1. The van der Waals surface area contributed by atoms with E-state index in [-0.39, 0.29) is 11.4 Å². The average Bonchev–Trinajstić information content (AvgIpc) is 3.07. The van der Waals surface area contributed by atoms with E-state index in [1.54, 1.807) is 12.1 Å². The summed E-state index contributed by atoms with van der Waals surface area (Å²) in [6, 6.07) is 23.1. The van der Waals surface area contributed by atoms with Gasteiger partial charge in [-0.05, 0) is 31.2 Å². The molecular weight excluding hydrogens is 364 g/mol. The molecule has 0 saturated heterocycles. The maximum Gasteiger partial charge on any atom is 0.354 e. The van der Waals surface area contributed by atoms with Crippen LogP contribution in [0.2, 0.25) is 0 Å². The molecule has 0 amide bonds. The summed E-state index contributed by atoms with van der Waals surface area (Å²) in [5.74, 6) is 5.19. The number of hydrazine groups is 1. The van der Waals surface area contributed by atoms with Gasteiger partial charge >= 0.3 is 5.97 Å². The van der Waals surface area contributed by atoms with Crippen LogP contribution >= 0.6 is 0 Å². The molecule has 0 radical (unpaired) electrons. The van der Waals surface area contributed by atoms with E-state index in [1.165, 1.54) is 5.01 Å². The van der Waals surface area contributed by atoms with Gasteiger partial charge in [-0.1, -0.05) is 48.5 Å². The molecule has 0 bridgehead atoms. The zero-order valence-corrected chi connectivity index (χ0v) is 16.0. The zero-order chi connectivity index (χ0) is 20.5. The first-order chi connectivity index (χ1) is 14.0. The van der Waals surface area contributed by atoms with E-state index in [2.05, 4.69) is 23.6 Å². The van der Waals surface area contributed by atoms with E-state index in [0.29, 0.717) is 11.3 Å². The Morgan fingerprint density at radius 1 is 0.966 bits per heavy atom. The van der Waals surface area contributed by atoms with E-state index >= 15 is 0 Å². The number of aliphatic carboxylic acids is 1. The van der Waals surface area contributed by atoms with Crippen LogP contribution in [0.25, 0.3) is 27.5 Å². The van der Waals surface area contributed by atoms with Crippen molar-refractivity contribution in [3.8, 4) is 0 Å². The highest BCUT2D eigenvalue weighted by molar-refractivity contribution is 6.09. The Morgan fingerprint density at radius 2 is 1.62 bits per heavy atom. The molecule has 0 aliphatic carbocycles. The van der Waals surface area contributed by atoms with Crippen molar-refractivity contribution < 1.29 is 9.90 Å². The second kappa shape index (κ2) is 7.33. The Morgan fingerprint density at radius 3 is 2.31 bits per heavy atom. The normalized spacial score (nSPS) is 12.2. The van der Waals surface area contributed by atoms with Crippen LogP contribution in [0.3, 0.4) is 0 Å². The van der Waals surface area contributed by atoms with Crippen LogP contribution in [0, 0.1) is 0 Å². The van der Waals surface area contributed by atoms with Gasteiger partial charge in [-0.3, -0.25) is 5.01 Å². The van der Waals surface area contributed by atoms with Gasteiger partial charge in [0.25, 0.3) is 0 Å². The summed E-state index contributed by atoms with van der Waals surface area (Å²) in [6.07, 6.45) is 0. The van der Waals surface area contributed by atoms with Gasteiger partial charge in [0, 0.05) is 33.9 Å². The molecular formula is C23H22N4O2. The van der Waals surface area contributed by atoms with Crippen LogP contribution in [-0.2, 0) is 11.3 Å². The third-order valence-electron chi connectivity index (χ3n) is 5.12. The number of rotatable bonds is 5. The lowest BCUT2D eigenvalue weighted by molar-refractivity contribution is -0.132. The minimum absolute atomic E-state index is 0.247. The van der Waals surface area contributed by atoms with Gasteiger partial charge in [0.2, 0.25) is 0 Å². The summed E-state index contributed by atoms with van der Waals surface area (Å²) >= 11 is 0. The van der Waals surface area contributed by atoms with Crippen LogP contribution in [0.4, 0.5) is 5.69 Å². The minimum Gasteiger partial charge on any atom is -0.477 e. The van der Waals surface area contributed by atoms with E-state index in [1.807, 2.05) is 48.5 Å². The number of carboxylic acids is 1. The van der Waals surface area contributed by atoms with Gasteiger partial charge in [0.1, 0.15) is 5.70 Å². The molecule has 0 saturated carbocycles. The first-order valence-electron chi connectivity index (χ1n) is 9.37. The zero-order valence-electron chi connectivity index (χ0n) is 16.0. The topological polar surface area (TPSA) is 97.5 Å². The number of hydrogen-bond donors (Lipinski definition) is 3. The van der Waals surface area contributed by atoms with Crippen molar-refractivity contribution in [1.82, 2.24) is 4.57 Å². The summed E-state index contributed by atoms with van der Waals surface area (Å²) in [5.41, 5.74) is 9.38. The van der Waals surface area contributed by atoms with E-state index in [4.69, 9.17) is 11.6 Å². The van der Waals surface area contributed by atoms with E-state index in [9.17, 15) is 9.90 Å². The second-order valence-corrected chi connectivity index (χ2v) is 6.77. The largest absolute Gasteiger partial charge is 0.477 e. The number of aromatic nitrogens is 1. The molecule has 1 heterocycles. The Hall–Kier alpha value is -3.77. The van der Waals surface area contributed by atoms with Crippen LogP contribution in [-0.4, -0.2) is 15.6 Å². The number of nitrogens with zero attached hydrogens (tertiary/aromatic N) is 2. The summed E-state index contributed by atoms with van der Waals surface area (Å²) < 4.78 is 2.24. The number of para-hydroxylation sites is 1. The minimum atomic E-state index is -1.22. The molecule has 0 aliphatic rings. The molecule has 0 spiro atoms. The molecule has 6 nitrogen and oxygen atoms in total. The molecule has 0 aliphatic heterocycles. The Balaban J connectivity index is 1.92. The van der Waals surface area contributed by atoms with Gasteiger partial charge in [-0.25, -0.2) is 10.6 Å². The molecule has 4 aromatic rings. The average molecular weight is 386 g/mol. The predicted molar refractivity (Wildman–Crippen MR) is 117 cm³/mol. The highest BCUT2D eigenvalue weighted by Crippen LogP contribution is 2.33. The molecule has 146 valence electrons. The van der Waals surface area contributed by atoms with Gasteiger partial charge in [-0.2, -0.15) is 0 Å². The fraction of sp³-hybridized carbons (Fsp3) is 0.0870. The monoisotopic (exact) mass is 386 g/mol. The number of hydrogen-bond acceptors (Lipinski definition) is 4. The maximum absolute atomic E-state index is 11.6. The molecule has 0 unspecified atom stereocenters. The molecule has 1 aromatic heterocycles. The SMILES string of the molecule is CCn1c2ccccc2c2cc(N(N)/C(=C(\N)C(=O)O)c3ccccc3)ccc21. The number of nitrogens with two attached hydrogens (primary N) is 2. The summed E-state index contributed by atoms with van der Waals surface area (Å²) in [6.45, 7) is 2.95. The lowest BCUT2D eigenvalue weighted by Crippen LogP contribution is -2.33. The molecule has 5 N–H and O–H groups in total. The second-order valence-electron chi connectivity index (χ2n) is 6.77. The molecule has 29 heavy (non-hydrogen) atoms. The van der Waals surface area contributed by atoms with Crippen LogP contribution < -0.4 is 16.6 Å². The molecule has 4 rings (SSSR count). The Kier molecular flexibility index (Phi) is 4.70. The molecule has 6 heteroatoms. The fourth-order valence-electron chi connectivity index (χ4n) is 3.78. The number of fused-ring (bicyclic) bond motifs is 3. The Bertz CT molecular complexity index is 1240. The molecule has 0 atom stereocenters. The fourth-order valence-corrected chi connectivity index (χ4v) is 3.78. The van der Waals surface area contributed by atoms with Crippen molar-refractivity contribution in [1.29, 1.82) is 0 Å². The molecule has 3 aromatic carbocycles. The lowest BCUT2D eigenvalue weighted by Gasteiger charge is -2.23. The van der Waals surface area contributed by atoms with Crippen molar-refractivity contribution in [3.63, 3.8) is 0 Å². The van der Waals surface area contributed by atoms with Gasteiger partial charge < -0.3 is 15.4 Å². The first-order valence-corrected chi connectivity index (χ1v) is 9.37. The predicted octanol–water partition coefficient (Wildman–Crippen LogP) is 3.91. The van der Waals surface area contributed by atoms with Crippen molar-refractivity contribution in [2.24, 2.45) is 11.6 Å². The molecule has 0 fully saturated rings. The quantitative estimate of drug-likeness (QED) is 0.274. The highest BCUT2D eigenvalue weighted by Gasteiger charge is 2.20. The third-order valence-corrected chi connectivity index (χ3v) is 5.12. The third kappa shape index (κ3) is 3.09. The summed E-state index contributed by atoms with van der Waals surface area (Å²) in [7, 11) is 0. The van der Waals surface area contributed by atoms with Crippen LogP contribution in [0.15, 0.2) is 78.5 Å². The number of aryl methyl sites for hydroxylation is 1. The van der Waals surface area contributed by atoms with Crippen molar-refractivity contribution in [3.05, 3.63) is 84.1 Å². The smallest absolute Gasteiger partial charge is 0.354 e. The standard InChI is InChI=1S/C23H22N4O2/c1-2-26-19-11-7-6-10-17(19)18-14-16(12-13-20(18)26)27(25)22(21(24)23(28)29)15-8-4-3-5-9-15/h3-14H,2,24-25H2,1H3,(H,28,29)/b22-21-. The number of carbonyl (C=O) groups is 1. The van der Waals surface area contributed by atoms with E-state index in [0.717, 1.165) is 28.4 Å². The number of benzene rings is 3. The summed E-state index contributed by atoms with van der Waals surface area (Å²) in [4.78, 5) is 11.6. The van der Waals surface area contributed by atoms with E-state index < -0.39 is 5.97 Å². The maximum atomic E-state index is 11.6. The van der Waals surface area contributed by atoms with Crippen LogP contribution in [0.1, 0.15) is 12.5 Å². The van der Waals surface area contributed by atoms with Gasteiger partial charge in [0.15, 0.2) is 0 Å². The van der Waals surface area contributed by atoms with Crippen LogP contribution in [0.5, 0.6) is 0 Å². The van der Waals surface area contributed by atoms with Gasteiger partial charge in [-0.15, -0.1) is 0 Å². The summed E-state index contributed by atoms with van der Waals surface area (Å²) in [5, 5.41) is 13.0. The Labute approximate surface area is 168 Å². The number of carboxylic acid groups (broad SMARTS) is 1. The highest BCUT2D eigenvalue weighted by atomic mass is 16.4. The van der Waals surface area contributed by atoms with Crippen molar-refractivity contribution in [2.75, 3.05) is 5.01 Å². The van der Waals surface area contributed by atoms with Crippen molar-refractivity contribution >= 4 is 39.2 Å². The van der Waals surface area contributed by atoms with Crippen molar-refractivity contribution in [2.45, 2.75) is 13.5 Å². The lowest BCUT2D eigenvalue weighted by atomic mass is 10.1. The first kappa shape index (κ1) is 18.6. The van der Waals surface area contributed by atoms with Gasteiger partial charge in [0.05, 0.1) is 11.4 Å².